The lowest BCUT2D eigenvalue weighted by molar-refractivity contribution is 0.0934. The van der Waals surface area contributed by atoms with Gasteiger partial charge in [0, 0.05) is 12.6 Å². The van der Waals surface area contributed by atoms with E-state index in [1.54, 1.807) is 0 Å². The second kappa shape index (κ2) is 4.40. The third-order valence-corrected chi connectivity index (χ3v) is 2.64. The molecule has 5 nitrogen and oxygen atoms in total. The zero-order valence-corrected chi connectivity index (χ0v) is 8.73. The summed E-state index contributed by atoms with van der Waals surface area (Å²) in [6, 6.07) is 4.30. The van der Waals surface area contributed by atoms with Gasteiger partial charge in [-0.05, 0) is 25.1 Å². The topological polar surface area (TPSA) is 81.6 Å². The largest absolute Gasteiger partial charge is 0.507 e. The Kier molecular flexibility index (Phi) is 2.96. The van der Waals surface area contributed by atoms with Crippen LogP contribution in [0.1, 0.15) is 16.8 Å². The molecule has 0 aromatic heterocycles. The van der Waals surface area contributed by atoms with Gasteiger partial charge in [-0.1, -0.05) is 6.07 Å². The molecule has 1 aliphatic rings. The second-order valence-electron chi connectivity index (χ2n) is 3.83. The quantitative estimate of drug-likeness (QED) is 0.575. The molecule has 4 N–H and O–H groups in total. The smallest absolute Gasteiger partial charge is 0.259 e. The van der Waals surface area contributed by atoms with Crippen molar-refractivity contribution in [1.29, 1.82) is 0 Å². The first kappa shape index (κ1) is 10.8. The second-order valence-corrected chi connectivity index (χ2v) is 3.83. The Morgan fingerprint density at radius 3 is 2.62 bits per heavy atom. The molecule has 0 saturated carbocycles. The van der Waals surface area contributed by atoms with Crippen LogP contribution < -0.4 is 10.6 Å². The Morgan fingerprint density at radius 1 is 1.38 bits per heavy atom. The fourth-order valence-electron chi connectivity index (χ4n) is 1.80. The summed E-state index contributed by atoms with van der Waals surface area (Å²) in [5, 5.41) is 24.9. The van der Waals surface area contributed by atoms with E-state index < -0.39 is 5.91 Å². The minimum Gasteiger partial charge on any atom is -0.507 e. The van der Waals surface area contributed by atoms with Crippen LogP contribution in [-0.2, 0) is 0 Å². The van der Waals surface area contributed by atoms with Gasteiger partial charge in [-0.3, -0.25) is 4.79 Å². The van der Waals surface area contributed by atoms with Crippen LogP contribution in [0.25, 0.3) is 0 Å². The SMILES string of the molecule is O=C(N[C@H]1CCNC1)c1c(O)cccc1O. The van der Waals surface area contributed by atoms with Crippen LogP contribution in [0.2, 0.25) is 0 Å². The summed E-state index contributed by atoms with van der Waals surface area (Å²) in [4.78, 5) is 11.8. The fourth-order valence-corrected chi connectivity index (χ4v) is 1.80. The highest BCUT2D eigenvalue weighted by atomic mass is 16.3. The molecule has 16 heavy (non-hydrogen) atoms. The summed E-state index contributed by atoms with van der Waals surface area (Å²) < 4.78 is 0. The van der Waals surface area contributed by atoms with Gasteiger partial charge >= 0.3 is 0 Å². The average Bonchev–Trinajstić information content (AvgIpc) is 2.70. The number of phenolic OH excluding ortho intramolecular Hbond substituents is 2. The first-order valence-corrected chi connectivity index (χ1v) is 5.21. The number of hydrogen-bond acceptors (Lipinski definition) is 4. The van der Waals surface area contributed by atoms with E-state index in [1.165, 1.54) is 18.2 Å². The van der Waals surface area contributed by atoms with Gasteiger partial charge in [0.1, 0.15) is 17.1 Å². The number of benzene rings is 1. The molecular weight excluding hydrogens is 208 g/mol. The summed E-state index contributed by atoms with van der Waals surface area (Å²) >= 11 is 0. The lowest BCUT2D eigenvalue weighted by Gasteiger charge is -2.12. The molecule has 0 unspecified atom stereocenters. The van der Waals surface area contributed by atoms with E-state index in [4.69, 9.17) is 0 Å². The van der Waals surface area contributed by atoms with Crippen LogP contribution in [0.15, 0.2) is 18.2 Å². The average molecular weight is 222 g/mol. The van der Waals surface area contributed by atoms with E-state index in [9.17, 15) is 15.0 Å². The number of carbonyl (C=O) groups is 1. The van der Waals surface area contributed by atoms with Crippen molar-refractivity contribution in [2.45, 2.75) is 12.5 Å². The van der Waals surface area contributed by atoms with Gasteiger partial charge in [0.05, 0.1) is 0 Å². The molecule has 0 spiro atoms. The molecule has 1 aromatic carbocycles. The van der Waals surface area contributed by atoms with E-state index in [0.29, 0.717) is 0 Å². The summed E-state index contributed by atoms with van der Waals surface area (Å²) in [6.07, 6.45) is 0.861. The normalized spacial score (nSPS) is 19.6. The maximum atomic E-state index is 11.8. The number of carbonyl (C=O) groups excluding carboxylic acids is 1. The van der Waals surface area contributed by atoms with Gasteiger partial charge < -0.3 is 20.8 Å². The van der Waals surface area contributed by atoms with Crippen molar-refractivity contribution >= 4 is 5.91 Å². The third kappa shape index (κ3) is 2.09. The molecule has 1 aliphatic heterocycles. The number of nitrogens with one attached hydrogen (secondary N) is 2. The molecule has 1 fully saturated rings. The Balaban J connectivity index is 2.13. The van der Waals surface area contributed by atoms with E-state index in [1.807, 2.05) is 0 Å². The molecule has 0 bridgehead atoms. The van der Waals surface area contributed by atoms with Crippen molar-refractivity contribution in [3.8, 4) is 11.5 Å². The van der Waals surface area contributed by atoms with Crippen molar-refractivity contribution in [3.05, 3.63) is 23.8 Å². The molecule has 0 radical (unpaired) electrons. The van der Waals surface area contributed by atoms with Crippen LogP contribution in [0.5, 0.6) is 11.5 Å². The van der Waals surface area contributed by atoms with Crippen molar-refractivity contribution in [2.24, 2.45) is 0 Å². The number of rotatable bonds is 2. The number of phenols is 2. The molecular formula is C11H14N2O3. The molecule has 86 valence electrons. The Hall–Kier alpha value is -1.75. The highest BCUT2D eigenvalue weighted by Crippen LogP contribution is 2.26. The van der Waals surface area contributed by atoms with E-state index >= 15 is 0 Å². The molecule has 0 aliphatic carbocycles. The molecule has 1 aromatic rings. The first-order chi connectivity index (χ1) is 7.68. The Morgan fingerprint density at radius 2 is 2.06 bits per heavy atom. The predicted molar refractivity (Wildman–Crippen MR) is 58.5 cm³/mol. The molecule has 1 heterocycles. The van der Waals surface area contributed by atoms with Crippen LogP contribution in [0.3, 0.4) is 0 Å². The number of aromatic hydroxyl groups is 2. The zero-order chi connectivity index (χ0) is 11.5. The molecule has 5 heteroatoms. The van der Waals surface area contributed by atoms with Crippen molar-refractivity contribution in [3.63, 3.8) is 0 Å². The third-order valence-electron chi connectivity index (χ3n) is 2.64. The molecule has 1 amide bonds. The lowest BCUT2D eigenvalue weighted by Crippen LogP contribution is -2.36. The van der Waals surface area contributed by atoms with Crippen molar-refractivity contribution in [1.82, 2.24) is 10.6 Å². The first-order valence-electron chi connectivity index (χ1n) is 5.21. The highest BCUT2D eigenvalue weighted by Gasteiger charge is 2.21. The van der Waals surface area contributed by atoms with Gasteiger partial charge in [-0.2, -0.15) is 0 Å². The lowest BCUT2D eigenvalue weighted by atomic mass is 10.1. The maximum absolute atomic E-state index is 11.8. The molecule has 1 atom stereocenters. The minimum atomic E-state index is -0.440. The van der Waals surface area contributed by atoms with Crippen LogP contribution in [-0.4, -0.2) is 35.3 Å². The van der Waals surface area contributed by atoms with E-state index in [2.05, 4.69) is 10.6 Å². The van der Waals surface area contributed by atoms with E-state index in [-0.39, 0.29) is 23.1 Å². The molecule has 2 rings (SSSR count). The predicted octanol–water partition coefficient (Wildman–Crippen LogP) is 0.189. The van der Waals surface area contributed by atoms with Crippen LogP contribution in [0, 0.1) is 0 Å². The summed E-state index contributed by atoms with van der Waals surface area (Å²) in [7, 11) is 0. The summed E-state index contributed by atoms with van der Waals surface area (Å²) in [5.74, 6) is -0.851. The summed E-state index contributed by atoms with van der Waals surface area (Å²) in [5.41, 5.74) is -0.0607. The number of hydrogen-bond donors (Lipinski definition) is 4. The highest BCUT2D eigenvalue weighted by molar-refractivity contribution is 5.99. The van der Waals surface area contributed by atoms with Gasteiger partial charge in [0.15, 0.2) is 0 Å². The van der Waals surface area contributed by atoms with Gasteiger partial charge in [0.25, 0.3) is 5.91 Å². The molecule has 1 saturated heterocycles. The Labute approximate surface area is 93.1 Å². The van der Waals surface area contributed by atoms with E-state index in [0.717, 1.165) is 19.5 Å². The fraction of sp³-hybridized carbons (Fsp3) is 0.364. The number of amides is 1. The monoisotopic (exact) mass is 222 g/mol. The standard InChI is InChI=1S/C11H14N2O3/c14-8-2-1-3-9(15)10(8)11(16)13-7-4-5-12-6-7/h1-3,7,12,14-15H,4-6H2,(H,13,16)/t7-/m0/s1. The maximum Gasteiger partial charge on any atom is 0.259 e. The van der Waals surface area contributed by atoms with Gasteiger partial charge in [-0.15, -0.1) is 0 Å². The van der Waals surface area contributed by atoms with Crippen LogP contribution >= 0.6 is 0 Å². The van der Waals surface area contributed by atoms with Crippen molar-refractivity contribution < 1.29 is 15.0 Å². The minimum absolute atomic E-state index is 0.0607. The van der Waals surface area contributed by atoms with Gasteiger partial charge in [0.2, 0.25) is 0 Å². The Bertz CT molecular complexity index is 380. The summed E-state index contributed by atoms with van der Waals surface area (Å²) in [6.45, 7) is 1.60. The van der Waals surface area contributed by atoms with Gasteiger partial charge in [-0.25, -0.2) is 0 Å². The van der Waals surface area contributed by atoms with Crippen LogP contribution in [0.4, 0.5) is 0 Å². The zero-order valence-electron chi connectivity index (χ0n) is 8.73. The van der Waals surface area contributed by atoms with Crippen molar-refractivity contribution in [2.75, 3.05) is 13.1 Å².